The number of hydrogen-bond donors (Lipinski definition) is 2. The van der Waals surface area contributed by atoms with Gasteiger partial charge in [0, 0.05) is 0 Å². The van der Waals surface area contributed by atoms with E-state index in [1.54, 1.807) is 6.08 Å². The Labute approximate surface area is 186 Å². The van der Waals surface area contributed by atoms with Crippen molar-refractivity contribution in [3.8, 4) is 0 Å². The van der Waals surface area contributed by atoms with Gasteiger partial charge in [0.25, 0.3) is 0 Å². The number of likely N-dealkylation sites (N-methyl/N-ethyl adjacent to an activating group) is 1. The van der Waals surface area contributed by atoms with Crippen molar-refractivity contribution in [3.05, 3.63) is 12.3 Å². The van der Waals surface area contributed by atoms with E-state index in [4.69, 9.17) is 9.84 Å². The molecular formula is C25H50NO4+. The fourth-order valence-corrected chi connectivity index (χ4v) is 3.68. The fourth-order valence-electron chi connectivity index (χ4n) is 3.68. The van der Waals surface area contributed by atoms with Gasteiger partial charge < -0.3 is 19.4 Å². The first-order valence-electron chi connectivity index (χ1n) is 12.3. The van der Waals surface area contributed by atoms with E-state index >= 15 is 0 Å². The van der Waals surface area contributed by atoms with Crippen molar-refractivity contribution >= 4 is 5.97 Å². The van der Waals surface area contributed by atoms with Crippen molar-refractivity contribution in [2.75, 3.05) is 27.7 Å². The molecule has 178 valence electrons. The van der Waals surface area contributed by atoms with Crippen LogP contribution in [0.15, 0.2) is 12.3 Å². The van der Waals surface area contributed by atoms with Crippen molar-refractivity contribution in [2.45, 2.75) is 115 Å². The third-order valence-electron chi connectivity index (χ3n) is 5.33. The second-order valence-electron chi connectivity index (χ2n) is 9.76. The smallest absolute Gasteiger partial charge is 0.307 e. The summed E-state index contributed by atoms with van der Waals surface area (Å²) in [6.45, 7) is 2.87. The number of aliphatic hydroxyl groups is 1. The summed E-state index contributed by atoms with van der Waals surface area (Å²) in [4.78, 5) is 11.0. The molecule has 1 unspecified atom stereocenters. The summed E-state index contributed by atoms with van der Waals surface area (Å²) in [6.07, 6.45) is 20.0. The van der Waals surface area contributed by atoms with Crippen molar-refractivity contribution in [2.24, 2.45) is 0 Å². The predicted octanol–water partition coefficient (Wildman–Crippen LogP) is 5.91. The molecule has 0 aliphatic heterocycles. The van der Waals surface area contributed by atoms with Crippen LogP contribution in [0.3, 0.4) is 0 Å². The van der Waals surface area contributed by atoms with E-state index in [0.29, 0.717) is 11.0 Å². The molecule has 0 amide bonds. The Hall–Kier alpha value is -1.07. The zero-order valence-electron chi connectivity index (χ0n) is 20.3. The fraction of sp³-hybridized carbons (Fsp3) is 0.880. The van der Waals surface area contributed by atoms with Crippen LogP contribution in [0.1, 0.15) is 103 Å². The van der Waals surface area contributed by atoms with Crippen molar-refractivity contribution < 1.29 is 24.2 Å². The summed E-state index contributed by atoms with van der Waals surface area (Å²) in [5, 5.41) is 19.1. The van der Waals surface area contributed by atoms with Crippen LogP contribution >= 0.6 is 0 Å². The number of carboxylic acids is 1. The zero-order chi connectivity index (χ0) is 22.7. The first kappa shape index (κ1) is 28.9. The number of aliphatic hydroxyl groups excluding tert-OH is 1. The molecule has 0 aliphatic carbocycles. The maximum atomic E-state index is 11.0. The third kappa shape index (κ3) is 21.6. The molecule has 0 saturated carbocycles. The van der Waals surface area contributed by atoms with Crippen LogP contribution in [0.2, 0.25) is 0 Å². The minimum atomic E-state index is -0.866. The molecule has 0 saturated heterocycles. The van der Waals surface area contributed by atoms with Crippen LogP contribution in [-0.2, 0) is 9.53 Å². The van der Waals surface area contributed by atoms with E-state index in [0.717, 1.165) is 19.3 Å². The molecule has 5 heteroatoms. The SMILES string of the molecule is CCCCCCCCCCCCCCCC(O)C=CO[C@H](CC(=O)O)C[N+](C)(C)C. The van der Waals surface area contributed by atoms with Gasteiger partial charge in [-0.1, -0.05) is 90.4 Å². The molecule has 0 spiro atoms. The first-order valence-corrected chi connectivity index (χ1v) is 12.3. The number of quaternary nitrogens is 1. The summed E-state index contributed by atoms with van der Waals surface area (Å²) in [7, 11) is 6.02. The number of carbonyl (C=O) groups is 1. The Morgan fingerprint density at radius 1 is 0.867 bits per heavy atom. The molecule has 0 aromatic heterocycles. The summed E-state index contributed by atoms with van der Waals surface area (Å²) >= 11 is 0. The van der Waals surface area contributed by atoms with E-state index in [1.807, 2.05) is 21.1 Å². The van der Waals surface area contributed by atoms with Gasteiger partial charge in [0.2, 0.25) is 0 Å². The summed E-state index contributed by atoms with van der Waals surface area (Å²) < 4.78 is 6.21. The molecule has 0 heterocycles. The van der Waals surface area contributed by atoms with Crippen LogP contribution in [0.5, 0.6) is 0 Å². The van der Waals surface area contributed by atoms with Gasteiger partial charge in [0.15, 0.2) is 6.10 Å². The largest absolute Gasteiger partial charge is 0.492 e. The molecule has 0 aromatic rings. The van der Waals surface area contributed by atoms with Crippen LogP contribution in [0.4, 0.5) is 0 Å². The molecule has 0 bridgehead atoms. The van der Waals surface area contributed by atoms with Crippen LogP contribution in [-0.4, -0.2) is 60.6 Å². The monoisotopic (exact) mass is 428 g/mol. The number of nitrogens with zero attached hydrogens (tertiary/aromatic N) is 1. The first-order chi connectivity index (χ1) is 14.2. The maximum Gasteiger partial charge on any atom is 0.307 e. The van der Waals surface area contributed by atoms with Crippen LogP contribution < -0.4 is 0 Å². The Morgan fingerprint density at radius 3 is 1.77 bits per heavy atom. The molecule has 2 atom stereocenters. The third-order valence-corrected chi connectivity index (χ3v) is 5.33. The van der Waals surface area contributed by atoms with Gasteiger partial charge in [-0.2, -0.15) is 0 Å². The maximum absolute atomic E-state index is 11.0. The van der Waals surface area contributed by atoms with Gasteiger partial charge in [-0.3, -0.25) is 4.79 Å². The van der Waals surface area contributed by atoms with Crippen LogP contribution in [0, 0.1) is 0 Å². The predicted molar refractivity (Wildman–Crippen MR) is 125 cm³/mol. The van der Waals surface area contributed by atoms with E-state index in [2.05, 4.69) is 6.92 Å². The Kier molecular flexibility index (Phi) is 18.0. The highest BCUT2D eigenvalue weighted by atomic mass is 16.5. The van der Waals surface area contributed by atoms with Crippen LogP contribution in [0.25, 0.3) is 0 Å². The lowest BCUT2D eigenvalue weighted by molar-refractivity contribution is -0.873. The molecule has 0 aliphatic rings. The minimum Gasteiger partial charge on any atom is -0.492 e. The highest BCUT2D eigenvalue weighted by molar-refractivity contribution is 5.67. The lowest BCUT2D eigenvalue weighted by Gasteiger charge is -2.28. The van der Waals surface area contributed by atoms with Gasteiger partial charge >= 0.3 is 5.97 Å². The van der Waals surface area contributed by atoms with Gasteiger partial charge in [0.05, 0.1) is 39.9 Å². The second kappa shape index (κ2) is 18.7. The van der Waals surface area contributed by atoms with E-state index < -0.39 is 12.1 Å². The molecule has 0 aromatic carbocycles. The van der Waals surface area contributed by atoms with E-state index in [-0.39, 0.29) is 12.5 Å². The van der Waals surface area contributed by atoms with Gasteiger partial charge in [0.1, 0.15) is 6.54 Å². The lowest BCUT2D eigenvalue weighted by Crippen LogP contribution is -2.42. The highest BCUT2D eigenvalue weighted by Gasteiger charge is 2.21. The van der Waals surface area contributed by atoms with Crippen molar-refractivity contribution in [3.63, 3.8) is 0 Å². The van der Waals surface area contributed by atoms with Crippen molar-refractivity contribution in [1.82, 2.24) is 0 Å². The Morgan fingerprint density at radius 2 is 1.33 bits per heavy atom. The topological polar surface area (TPSA) is 66.8 Å². The molecular weight excluding hydrogens is 378 g/mol. The second-order valence-corrected chi connectivity index (χ2v) is 9.76. The molecule has 5 nitrogen and oxygen atoms in total. The number of unbranched alkanes of at least 4 members (excludes halogenated alkanes) is 12. The number of rotatable bonds is 21. The summed E-state index contributed by atoms with van der Waals surface area (Å²) in [5.74, 6) is -0.866. The Balaban J connectivity index is 3.67. The number of carboxylic acid groups (broad SMARTS) is 1. The zero-order valence-corrected chi connectivity index (χ0v) is 20.3. The summed E-state index contributed by atoms with van der Waals surface area (Å²) in [6, 6.07) is 0. The van der Waals surface area contributed by atoms with Gasteiger partial charge in [-0.25, -0.2) is 0 Å². The molecule has 30 heavy (non-hydrogen) atoms. The average molecular weight is 429 g/mol. The lowest BCUT2D eigenvalue weighted by atomic mass is 10.0. The number of ether oxygens (including phenoxy) is 1. The van der Waals surface area contributed by atoms with Gasteiger partial charge in [-0.05, 0) is 12.5 Å². The quantitative estimate of drug-likeness (QED) is 0.135. The van der Waals surface area contributed by atoms with Crippen molar-refractivity contribution in [1.29, 1.82) is 0 Å². The van der Waals surface area contributed by atoms with Gasteiger partial charge in [-0.15, -0.1) is 0 Å². The minimum absolute atomic E-state index is 0.0329. The summed E-state index contributed by atoms with van der Waals surface area (Å²) in [5.41, 5.74) is 0. The molecule has 2 N–H and O–H groups in total. The molecule has 0 rings (SSSR count). The molecule has 0 radical (unpaired) electrons. The Bertz CT molecular complexity index is 431. The average Bonchev–Trinajstić information content (AvgIpc) is 2.63. The van der Waals surface area contributed by atoms with E-state index in [9.17, 15) is 9.90 Å². The highest BCUT2D eigenvalue weighted by Crippen LogP contribution is 2.14. The number of aliphatic carboxylic acids is 1. The molecule has 0 fully saturated rings. The van der Waals surface area contributed by atoms with E-state index in [1.165, 1.54) is 76.9 Å². The normalized spacial score (nSPS) is 14.2. The standard InChI is InChI=1S/C25H49NO4/c1-5-6-7-8-9-10-11-12-13-14-15-16-17-18-23(27)19-20-30-24(21-25(28)29)22-26(2,3)4/h19-20,23-24,27H,5-18,21-22H2,1-4H3/p+1/t23?,24-/m1/s1. The number of hydrogen-bond acceptors (Lipinski definition) is 3.